The molecule has 0 heterocycles. The topological polar surface area (TPSA) is 58.9 Å². The molecule has 0 radical (unpaired) electrons. The Kier molecular flexibility index (Phi) is 33.6. The summed E-state index contributed by atoms with van der Waals surface area (Å²) in [7, 11) is 2.93. The van der Waals surface area contributed by atoms with E-state index in [2.05, 4.69) is 140 Å². The van der Waals surface area contributed by atoms with Crippen LogP contribution in [0.4, 0.5) is 0 Å². The van der Waals surface area contributed by atoms with E-state index < -0.39 is 0 Å². The second-order valence-electron chi connectivity index (χ2n) is 20.7. The molecule has 0 fully saturated rings. The van der Waals surface area contributed by atoms with Crippen molar-refractivity contribution in [3.8, 4) is 23.0 Å². The number of rotatable bonds is 41. The highest BCUT2D eigenvalue weighted by Gasteiger charge is 2.21. The molecule has 4 nitrogen and oxygen atoms in total. The third-order valence-corrected chi connectivity index (χ3v) is 13.7. The Morgan fingerprint density at radius 2 is 0.571 bits per heavy atom. The smallest absolute Gasteiger partial charge is 0.207 e. The highest BCUT2D eigenvalue weighted by atomic mass is 16.5. The fourth-order valence-electron chi connectivity index (χ4n) is 8.69. The molecule has 1 aromatic rings. The first kappa shape index (κ1) is 59.4. The molecule has 2 N–H and O–H groups in total. The molecule has 0 aliphatic carbocycles. The van der Waals surface area contributed by atoms with Crippen LogP contribution in [-0.2, 0) is 6.42 Å². The first-order valence-corrected chi connectivity index (χ1v) is 26.0. The van der Waals surface area contributed by atoms with E-state index in [0.29, 0.717) is 64.9 Å². The zero-order valence-electron chi connectivity index (χ0n) is 43.7. The Labute approximate surface area is 395 Å². The lowest BCUT2D eigenvalue weighted by atomic mass is 9.88. The quantitative estimate of drug-likeness (QED) is 0.0508. The zero-order valence-corrected chi connectivity index (χ0v) is 43.7. The maximum atomic E-state index is 10.8. The van der Waals surface area contributed by atoms with Crippen LogP contribution >= 0.6 is 0 Å². The number of ether oxygens (including phenoxy) is 2. The number of phenols is 2. The minimum absolute atomic E-state index is 0.0239. The minimum atomic E-state index is 0.0239. The van der Waals surface area contributed by atoms with Gasteiger partial charge in [-0.15, -0.1) is 64.2 Å². The minimum Gasteiger partial charge on any atom is -0.504 e. The highest BCUT2D eigenvalue weighted by Crippen LogP contribution is 2.48. The van der Waals surface area contributed by atoms with Gasteiger partial charge in [0.1, 0.15) is 0 Å². The summed E-state index contributed by atoms with van der Waals surface area (Å²) in [6, 6.07) is 0. The fraction of sp³-hybridized carbons (Fsp3) is 0.729. The maximum Gasteiger partial charge on any atom is 0.207 e. The molecule has 1 aromatic carbocycles. The van der Waals surface area contributed by atoms with E-state index in [1.165, 1.54) is 117 Å². The molecule has 0 bridgehead atoms. The summed E-state index contributed by atoms with van der Waals surface area (Å²) in [4.78, 5) is 0. The molecule has 9 unspecified atom stereocenters. The third kappa shape index (κ3) is 28.3. The summed E-state index contributed by atoms with van der Waals surface area (Å²) in [6.45, 7) is 27.7. The van der Waals surface area contributed by atoms with Crippen LogP contribution in [-0.4, -0.2) is 24.4 Å². The molecule has 0 aliphatic rings. The molecule has 0 amide bonds. The second kappa shape index (κ2) is 35.6. The molecule has 372 valence electrons. The van der Waals surface area contributed by atoms with Crippen molar-refractivity contribution in [1.82, 2.24) is 0 Å². The van der Waals surface area contributed by atoms with E-state index >= 15 is 0 Å². The average molecular weight is 875 g/mol. The van der Waals surface area contributed by atoms with Crippen molar-refractivity contribution >= 4 is 0 Å². The Bertz CT molecular complexity index is 1240. The van der Waals surface area contributed by atoms with Crippen molar-refractivity contribution in [2.24, 2.45) is 59.2 Å². The number of hydrogen-bond donors (Lipinski definition) is 2. The molecule has 0 saturated heterocycles. The Morgan fingerprint density at radius 1 is 0.349 bits per heavy atom. The van der Waals surface area contributed by atoms with Crippen LogP contribution in [0.25, 0.3) is 0 Å². The number of phenolic OH excluding ortho intramolecular Hbond substituents is 2. The molecule has 0 aliphatic heterocycles. The highest BCUT2D eigenvalue weighted by molar-refractivity contribution is 5.66. The van der Waals surface area contributed by atoms with Gasteiger partial charge in [0.25, 0.3) is 0 Å². The first-order chi connectivity index (χ1) is 30.0. The number of methoxy groups -OCH3 is 2. The summed E-state index contributed by atoms with van der Waals surface area (Å²) in [6.07, 6.45) is 47.9. The van der Waals surface area contributed by atoms with Crippen molar-refractivity contribution in [1.29, 1.82) is 0 Å². The molecule has 63 heavy (non-hydrogen) atoms. The van der Waals surface area contributed by atoms with Crippen LogP contribution in [0.2, 0.25) is 0 Å². The third-order valence-electron chi connectivity index (χ3n) is 13.7. The normalized spacial score (nSPS) is 16.4. The van der Waals surface area contributed by atoms with Crippen LogP contribution in [0.1, 0.15) is 203 Å². The van der Waals surface area contributed by atoms with Crippen molar-refractivity contribution in [2.45, 2.75) is 205 Å². The monoisotopic (exact) mass is 875 g/mol. The molecule has 1 rings (SSSR count). The summed E-state index contributed by atoms with van der Waals surface area (Å²) >= 11 is 0. The lowest BCUT2D eigenvalue weighted by molar-refractivity contribution is 0.313. The van der Waals surface area contributed by atoms with Gasteiger partial charge < -0.3 is 83.9 Å². The predicted octanol–water partition coefficient (Wildman–Crippen LogP) is 17.4. The van der Waals surface area contributed by atoms with Gasteiger partial charge in [-0.1, -0.05) is 76.2 Å². The number of benzene rings is 1. The van der Waals surface area contributed by atoms with Gasteiger partial charge in [0, 0.05) is 0 Å². The Hall–Kier alpha value is -1.58. The first-order valence-electron chi connectivity index (χ1n) is 26.0. The zero-order chi connectivity index (χ0) is 47.2. The Balaban J connectivity index is 2.05. The largest absolute Gasteiger partial charge is 0.504 e. The SMILES string of the molecule is COc1c(O)c(C)c(C[CH-]C(C)CC[CH-]C(C)CC[CH-]C(C)CC[CH-]C(C)CC[CH-]C(C)CC[CH-]C(C)CC[CH-]C(C)CC[CH-]C(C)CC[CH-]C(C)CC[CH-]C(C)C)c(O)c1OC. The predicted molar refractivity (Wildman–Crippen MR) is 275 cm³/mol. The molecule has 0 aromatic heterocycles. The molecule has 9 atom stereocenters. The van der Waals surface area contributed by atoms with Crippen molar-refractivity contribution < 1.29 is 19.7 Å². The van der Waals surface area contributed by atoms with E-state index in [1.54, 1.807) is 6.92 Å². The van der Waals surface area contributed by atoms with Gasteiger partial charge in [0.2, 0.25) is 11.5 Å². The van der Waals surface area contributed by atoms with E-state index in [-0.39, 0.29) is 23.0 Å². The standard InChI is InChI=1S/C59H102O4/c1-44(2)24-15-25-45(3)26-16-27-46(4)28-17-29-47(5)30-18-31-48(6)32-19-33-49(7)34-20-35-50(8)36-21-37-51(9)38-22-39-52(10)40-23-41-53(11)42-43-55-54(12)56(60)58(62-13)59(63-14)57(55)61/h24,26,28,30,32,34,36,38,40,42,44-53,60-61H,15-23,25,27,29,31,33,35,37,39,41,43H2,1-14H3/q-10. The molecular weight excluding hydrogens is 773 g/mol. The Morgan fingerprint density at radius 3 is 0.810 bits per heavy atom. The van der Waals surface area contributed by atoms with E-state index in [1.807, 2.05) is 0 Å². The van der Waals surface area contributed by atoms with Crippen molar-refractivity contribution in [3.63, 3.8) is 0 Å². The second-order valence-corrected chi connectivity index (χ2v) is 20.7. The molecular formula is C59H102O4-10. The summed E-state index contributed by atoms with van der Waals surface area (Å²) in [5, 5.41) is 21.3. The van der Waals surface area contributed by atoms with Gasteiger partial charge in [-0.05, 0) is 18.1 Å². The van der Waals surface area contributed by atoms with Gasteiger partial charge in [-0.3, -0.25) is 0 Å². The van der Waals surface area contributed by atoms with Crippen LogP contribution in [0.5, 0.6) is 23.0 Å². The summed E-state index contributed by atoms with van der Waals surface area (Å²) in [5.74, 6) is 7.06. The van der Waals surface area contributed by atoms with Gasteiger partial charge in [-0.2, -0.15) is 117 Å². The van der Waals surface area contributed by atoms with Crippen LogP contribution in [0.3, 0.4) is 0 Å². The lowest BCUT2D eigenvalue weighted by Gasteiger charge is -2.32. The maximum absolute atomic E-state index is 10.8. The molecule has 4 heteroatoms. The van der Waals surface area contributed by atoms with E-state index in [9.17, 15) is 10.2 Å². The van der Waals surface area contributed by atoms with Crippen molar-refractivity contribution in [3.05, 3.63) is 75.3 Å². The van der Waals surface area contributed by atoms with Crippen molar-refractivity contribution in [2.75, 3.05) is 14.2 Å². The van der Waals surface area contributed by atoms with Gasteiger partial charge in [0.05, 0.1) is 14.2 Å². The molecule has 0 saturated carbocycles. The average Bonchev–Trinajstić information content (AvgIpc) is 3.21. The van der Waals surface area contributed by atoms with Gasteiger partial charge in [0.15, 0.2) is 11.5 Å². The van der Waals surface area contributed by atoms with Gasteiger partial charge >= 0.3 is 0 Å². The summed E-state index contributed by atoms with van der Waals surface area (Å²) < 4.78 is 10.6. The van der Waals surface area contributed by atoms with Crippen LogP contribution < -0.4 is 9.47 Å². The van der Waals surface area contributed by atoms with E-state index in [4.69, 9.17) is 9.47 Å². The number of aromatic hydroxyl groups is 2. The van der Waals surface area contributed by atoms with E-state index in [0.717, 1.165) is 24.7 Å². The van der Waals surface area contributed by atoms with Crippen LogP contribution in [0, 0.1) is 130 Å². The lowest BCUT2D eigenvalue weighted by Crippen LogP contribution is -2.05. The number of hydrogen-bond acceptors (Lipinski definition) is 4. The molecule has 0 spiro atoms. The van der Waals surface area contributed by atoms with Gasteiger partial charge in [-0.25, -0.2) is 0 Å². The van der Waals surface area contributed by atoms with Crippen LogP contribution in [0.15, 0.2) is 0 Å². The fourth-order valence-corrected chi connectivity index (χ4v) is 8.69. The summed E-state index contributed by atoms with van der Waals surface area (Å²) in [5.41, 5.74) is 1.31.